The Labute approximate surface area is 161 Å². The smallest absolute Gasteiger partial charge is 0.331 e. The predicted molar refractivity (Wildman–Crippen MR) is 105 cm³/mol. The summed E-state index contributed by atoms with van der Waals surface area (Å²) in [5, 5.41) is 2.71. The standard InChI is InChI=1S/C20H20BrNO4/c1-3-25-18-11-7-6-10-17(18)22-20(24)14(2)26-19(23)13-12-15-8-4-5-9-16(15)21/h4-14H,3H2,1-2H3,(H,22,24)/b13-12+/t14-/m1/s1. The summed E-state index contributed by atoms with van der Waals surface area (Å²) < 4.78 is 11.5. The Hall–Kier alpha value is -2.60. The van der Waals surface area contributed by atoms with Gasteiger partial charge in [0.1, 0.15) is 5.75 Å². The Morgan fingerprint density at radius 3 is 2.58 bits per heavy atom. The van der Waals surface area contributed by atoms with Gasteiger partial charge in [0.2, 0.25) is 0 Å². The van der Waals surface area contributed by atoms with Crippen molar-refractivity contribution in [2.45, 2.75) is 20.0 Å². The van der Waals surface area contributed by atoms with Crippen LogP contribution in [0.5, 0.6) is 5.75 Å². The number of halogens is 1. The molecule has 1 amide bonds. The first-order chi connectivity index (χ1) is 12.5. The van der Waals surface area contributed by atoms with Crippen molar-refractivity contribution in [1.82, 2.24) is 0 Å². The lowest BCUT2D eigenvalue weighted by molar-refractivity contribution is -0.148. The van der Waals surface area contributed by atoms with E-state index in [0.717, 1.165) is 10.0 Å². The van der Waals surface area contributed by atoms with E-state index in [2.05, 4.69) is 21.2 Å². The minimum Gasteiger partial charge on any atom is -0.492 e. The van der Waals surface area contributed by atoms with E-state index in [1.807, 2.05) is 37.3 Å². The van der Waals surface area contributed by atoms with Crippen LogP contribution >= 0.6 is 15.9 Å². The highest BCUT2D eigenvalue weighted by Crippen LogP contribution is 2.24. The van der Waals surface area contributed by atoms with Gasteiger partial charge in [0.25, 0.3) is 5.91 Å². The van der Waals surface area contributed by atoms with Crippen LogP contribution in [0.3, 0.4) is 0 Å². The zero-order valence-corrected chi connectivity index (χ0v) is 16.2. The number of amides is 1. The number of rotatable bonds is 7. The van der Waals surface area contributed by atoms with Crippen molar-refractivity contribution < 1.29 is 19.1 Å². The Balaban J connectivity index is 1.94. The third-order valence-electron chi connectivity index (χ3n) is 3.41. The molecule has 2 aromatic carbocycles. The van der Waals surface area contributed by atoms with Crippen LogP contribution in [-0.4, -0.2) is 24.6 Å². The van der Waals surface area contributed by atoms with E-state index in [4.69, 9.17) is 9.47 Å². The van der Waals surface area contributed by atoms with Gasteiger partial charge in [-0.25, -0.2) is 4.79 Å². The normalized spacial score (nSPS) is 11.8. The number of carbonyl (C=O) groups excluding carboxylic acids is 2. The van der Waals surface area contributed by atoms with Crippen LogP contribution in [0.15, 0.2) is 59.1 Å². The van der Waals surface area contributed by atoms with Crippen LogP contribution in [0.4, 0.5) is 5.69 Å². The molecule has 6 heteroatoms. The zero-order valence-electron chi connectivity index (χ0n) is 14.6. The highest BCUT2D eigenvalue weighted by Gasteiger charge is 2.18. The number of benzene rings is 2. The molecule has 136 valence electrons. The second-order valence-corrected chi connectivity index (χ2v) is 6.21. The molecular weight excluding hydrogens is 398 g/mol. The van der Waals surface area contributed by atoms with E-state index in [1.54, 1.807) is 24.3 Å². The highest BCUT2D eigenvalue weighted by molar-refractivity contribution is 9.10. The molecule has 0 saturated carbocycles. The first-order valence-electron chi connectivity index (χ1n) is 8.17. The molecule has 0 heterocycles. The maximum absolute atomic E-state index is 12.3. The van der Waals surface area contributed by atoms with Crippen molar-refractivity contribution in [2.75, 3.05) is 11.9 Å². The molecular formula is C20H20BrNO4. The van der Waals surface area contributed by atoms with Crippen LogP contribution in [-0.2, 0) is 14.3 Å². The zero-order chi connectivity index (χ0) is 18.9. The molecule has 0 saturated heterocycles. The summed E-state index contributed by atoms with van der Waals surface area (Å²) in [5.41, 5.74) is 1.37. The van der Waals surface area contributed by atoms with E-state index >= 15 is 0 Å². The number of nitrogens with one attached hydrogen (secondary N) is 1. The maximum atomic E-state index is 12.3. The Kier molecular flexibility index (Phi) is 7.41. The minimum atomic E-state index is -0.943. The topological polar surface area (TPSA) is 64.6 Å². The molecule has 0 aromatic heterocycles. The minimum absolute atomic E-state index is 0.431. The molecule has 0 aliphatic rings. The highest BCUT2D eigenvalue weighted by atomic mass is 79.9. The first-order valence-corrected chi connectivity index (χ1v) is 8.96. The summed E-state index contributed by atoms with van der Waals surface area (Å²) in [6.07, 6.45) is 1.97. The van der Waals surface area contributed by atoms with Crippen molar-refractivity contribution in [3.63, 3.8) is 0 Å². The van der Waals surface area contributed by atoms with Gasteiger partial charge in [0.05, 0.1) is 12.3 Å². The van der Waals surface area contributed by atoms with Gasteiger partial charge >= 0.3 is 5.97 Å². The second-order valence-electron chi connectivity index (χ2n) is 5.35. The molecule has 0 fully saturated rings. The quantitative estimate of drug-likeness (QED) is 0.534. The van der Waals surface area contributed by atoms with E-state index < -0.39 is 18.0 Å². The van der Waals surface area contributed by atoms with E-state index in [0.29, 0.717) is 18.0 Å². The fraction of sp³-hybridized carbons (Fsp3) is 0.200. The summed E-state index contributed by atoms with van der Waals surface area (Å²) >= 11 is 3.40. The summed E-state index contributed by atoms with van der Waals surface area (Å²) in [4.78, 5) is 24.2. The summed E-state index contributed by atoms with van der Waals surface area (Å²) in [5.74, 6) is -0.461. The molecule has 2 rings (SSSR count). The van der Waals surface area contributed by atoms with Gasteiger partial charge in [-0.15, -0.1) is 0 Å². The van der Waals surface area contributed by atoms with Crippen molar-refractivity contribution in [3.8, 4) is 5.75 Å². The number of para-hydroxylation sites is 2. The molecule has 0 bridgehead atoms. The van der Waals surface area contributed by atoms with E-state index in [-0.39, 0.29) is 0 Å². The summed E-state index contributed by atoms with van der Waals surface area (Å²) in [6.45, 7) is 3.86. The van der Waals surface area contributed by atoms with Gasteiger partial charge in [-0.3, -0.25) is 4.79 Å². The predicted octanol–water partition coefficient (Wildman–Crippen LogP) is 4.43. The number of hydrogen-bond donors (Lipinski definition) is 1. The molecule has 0 spiro atoms. The first kappa shape index (κ1) is 19.7. The van der Waals surface area contributed by atoms with Crippen molar-refractivity contribution >= 4 is 39.6 Å². The summed E-state index contributed by atoms with van der Waals surface area (Å²) in [6, 6.07) is 14.6. The van der Waals surface area contributed by atoms with Crippen molar-refractivity contribution in [2.24, 2.45) is 0 Å². The number of carbonyl (C=O) groups is 2. The fourth-order valence-corrected chi connectivity index (χ4v) is 2.54. The van der Waals surface area contributed by atoms with Gasteiger partial charge in [0, 0.05) is 10.5 Å². The van der Waals surface area contributed by atoms with Gasteiger partial charge in [0.15, 0.2) is 6.10 Å². The fourth-order valence-electron chi connectivity index (χ4n) is 2.12. The SMILES string of the molecule is CCOc1ccccc1NC(=O)[C@@H](C)OC(=O)/C=C/c1ccccc1Br. The lowest BCUT2D eigenvalue weighted by Crippen LogP contribution is -2.29. The number of anilines is 1. The third-order valence-corrected chi connectivity index (χ3v) is 4.13. The Morgan fingerprint density at radius 1 is 1.15 bits per heavy atom. The van der Waals surface area contributed by atoms with Crippen LogP contribution in [0.1, 0.15) is 19.4 Å². The lowest BCUT2D eigenvalue weighted by atomic mass is 10.2. The van der Waals surface area contributed by atoms with Crippen LogP contribution in [0.25, 0.3) is 6.08 Å². The molecule has 0 aliphatic heterocycles. The van der Waals surface area contributed by atoms with Crippen LogP contribution < -0.4 is 10.1 Å². The average molecular weight is 418 g/mol. The molecule has 2 aromatic rings. The van der Waals surface area contributed by atoms with Gasteiger partial charge < -0.3 is 14.8 Å². The van der Waals surface area contributed by atoms with Crippen molar-refractivity contribution in [3.05, 3.63) is 64.6 Å². The number of ether oxygens (including phenoxy) is 2. The maximum Gasteiger partial charge on any atom is 0.331 e. The lowest BCUT2D eigenvalue weighted by Gasteiger charge is -2.15. The molecule has 0 unspecified atom stereocenters. The molecule has 1 atom stereocenters. The second kappa shape index (κ2) is 9.77. The largest absolute Gasteiger partial charge is 0.492 e. The molecule has 0 aliphatic carbocycles. The van der Waals surface area contributed by atoms with Gasteiger partial charge in [-0.05, 0) is 43.7 Å². The van der Waals surface area contributed by atoms with Gasteiger partial charge in [-0.2, -0.15) is 0 Å². The Bertz CT molecular complexity index is 804. The molecule has 5 nitrogen and oxygen atoms in total. The Morgan fingerprint density at radius 2 is 1.85 bits per heavy atom. The molecule has 26 heavy (non-hydrogen) atoms. The van der Waals surface area contributed by atoms with Crippen LogP contribution in [0, 0.1) is 0 Å². The van der Waals surface area contributed by atoms with Gasteiger partial charge in [-0.1, -0.05) is 46.3 Å². The monoisotopic (exact) mass is 417 g/mol. The van der Waals surface area contributed by atoms with Crippen LogP contribution in [0.2, 0.25) is 0 Å². The van der Waals surface area contributed by atoms with Crippen molar-refractivity contribution in [1.29, 1.82) is 0 Å². The number of hydrogen-bond acceptors (Lipinski definition) is 4. The average Bonchev–Trinajstić information content (AvgIpc) is 2.63. The van der Waals surface area contributed by atoms with E-state index in [9.17, 15) is 9.59 Å². The molecule has 0 radical (unpaired) electrons. The van der Waals surface area contributed by atoms with E-state index in [1.165, 1.54) is 13.0 Å². The molecule has 1 N–H and O–H groups in total. The third kappa shape index (κ3) is 5.74. The number of esters is 1. The summed E-state index contributed by atoms with van der Waals surface area (Å²) in [7, 11) is 0.